The van der Waals surface area contributed by atoms with E-state index in [0.29, 0.717) is 22.9 Å². The van der Waals surface area contributed by atoms with Crippen molar-refractivity contribution >= 4 is 23.6 Å². The Bertz CT molecular complexity index is 562. The number of nitrogens with zero attached hydrogens (tertiary/aromatic N) is 2. The molecule has 0 aliphatic carbocycles. The lowest BCUT2D eigenvalue weighted by molar-refractivity contribution is -0.135. The summed E-state index contributed by atoms with van der Waals surface area (Å²) in [6.07, 6.45) is 0. The summed E-state index contributed by atoms with van der Waals surface area (Å²) in [5.74, 6) is 1.69. The van der Waals surface area contributed by atoms with E-state index in [-0.39, 0.29) is 17.9 Å². The predicted octanol–water partition coefficient (Wildman–Crippen LogP) is 2.08. The van der Waals surface area contributed by atoms with E-state index in [4.69, 9.17) is 4.74 Å². The monoisotopic (exact) mass is 322 g/mol. The van der Waals surface area contributed by atoms with Gasteiger partial charge in [-0.1, -0.05) is 6.07 Å². The van der Waals surface area contributed by atoms with Gasteiger partial charge in [-0.3, -0.25) is 9.59 Å². The van der Waals surface area contributed by atoms with Crippen LogP contribution in [-0.2, 0) is 4.79 Å². The zero-order valence-electron chi connectivity index (χ0n) is 13.4. The quantitative estimate of drug-likeness (QED) is 0.851. The summed E-state index contributed by atoms with van der Waals surface area (Å²) in [6.45, 7) is 3.93. The van der Waals surface area contributed by atoms with Gasteiger partial charge in [0.25, 0.3) is 5.91 Å². The van der Waals surface area contributed by atoms with E-state index >= 15 is 0 Å². The molecule has 0 N–H and O–H groups in total. The van der Waals surface area contributed by atoms with Crippen LogP contribution in [0.5, 0.6) is 5.75 Å². The Morgan fingerprint density at radius 1 is 1.41 bits per heavy atom. The fourth-order valence-corrected chi connectivity index (χ4v) is 3.40. The zero-order valence-corrected chi connectivity index (χ0v) is 14.2. The second kappa shape index (κ2) is 7.05. The van der Waals surface area contributed by atoms with Crippen molar-refractivity contribution < 1.29 is 14.3 Å². The van der Waals surface area contributed by atoms with Gasteiger partial charge in [0.15, 0.2) is 0 Å². The highest BCUT2D eigenvalue weighted by Crippen LogP contribution is 2.25. The Hall–Kier alpha value is -1.69. The molecule has 0 spiro atoms. The van der Waals surface area contributed by atoms with Gasteiger partial charge in [0, 0.05) is 24.4 Å². The fraction of sp³-hybridized carbons (Fsp3) is 0.500. The number of ether oxygens (including phenoxy) is 1. The highest BCUT2D eigenvalue weighted by molar-refractivity contribution is 7.99. The minimum Gasteiger partial charge on any atom is -0.497 e. The molecular formula is C16H22N2O3S. The molecule has 1 saturated heterocycles. The summed E-state index contributed by atoms with van der Waals surface area (Å²) < 4.78 is 5.16. The summed E-state index contributed by atoms with van der Waals surface area (Å²) in [5, 5.41) is 0. The van der Waals surface area contributed by atoms with Crippen LogP contribution in [0.1, 0.15) is 24.2 Å². The van der Waals surface area contributed by atoms with Gasteiger partial charge in [0.2, 0.25) is 5.91 Å². The van der Waals surface area contributed by atoms with Crippen molar-refractivity contribution in [3.8, 4) is 5.75 Å². The number of carbonyl (C=O) groups is 2. The Kier molecular flexibility index (Phi) is 5.34. The minimum absolute atomic E-state index is 0.00348. The van der Waals surface area contributed by atoms with Gasteiger partial charge in [0.05, 0.1) is 13.0 Å². The van der Waals surface area contributed by atoms with Gasteiger partial charge >= 0.3 is 0 Å². The molecule has 22 heavy (non-hydrogen) atoms. The van der Waals surface area contributed by atoms with Crippen LogP contribution in [0.15, 0.2) is 24.3 Å². The zero-order chi connectivity index (χ0) is 16.3. The number of likely N-dealkylation sites (N-methyl/N-ethyl adjacent to an activating group) is 1. The summed E-state index contributed by atoms with van der Waals surface area (Å²) in [7, 11) is 3.35. The first-order valence-electron chi connectivity index (χ1n) is 7.25. The molecule has 6 heteroatoms. The first kappa shape index (κ1) is 16.7. The molecule has 0 saturated carbocycles. The average molecular weight is 322 g/mol. The van der Waals surface area contributed by atoms with E-state index in [0.717, 1.165) is 0 Å². The minimum atomic E-state index is -0.392. The maximum atomic E-state index is 12.7. The fourth-order valence-electron chi connectivity index (χ4n) is 2.26. The summed E-state index contributed by atoms with van der Waals surface area (Å²) in [5.41, 5.74) is 0.548. The number of benzene rings is 1. The van der Waals surface area contributed by atoms with Crippen molar-refractivity contribution in [1.82, 2.24) is 9.80 Å². The molecule has 120 valence electrons. The Labute approximate surface area is 135 Å². The molecule has 0 aromatic heterocycles. The van der Waals surface area contributed by atoms with E-state index in [1.807, 2.05) is 13.8 Å². The molecule has 2 rings (SSSR count). The lowest BCUT2D eigenvalue weighted by atomic mass is 10.1. The van der Waals surface area contributed by atoms with E-state index in [1.54, 1.807) is 60.0 Å². The van der Waals surface area contributed by atoms with Crippen LogP contribution in [0, 0.1) is 0 Å². The topological polar surface area (TPSA) is 49.9 Å². The lowest BCUT2D eigenvalue weighted by Crippen LogP contribution is -2.49. The molecule has 1 atom stereocenters. The van der Waals surface area contributed by atoms with Crippen molar-refractivity contribution in [2.75, 3.05) is 25.8 Å². The van der Waals surface area contributed by atoms with Gasteiger partial charge < -0.3 is 14.5 Å². The average Bonchev–Trinajstić information content (AvgIpc) is 3.02. The highest BCUT2D eigenvalue weighted by Gasteiger charge is 2.37. The molecular weight excluding hydrogens is 300 g/mol. The largest absolute Gasteiger partial charge is 0.497 e. The molecule has 1 aromatic carbocycles. The Morgan fingerprint density at radius 2 is 2.14 bits per heavy atom. The van der Waals surface area contributed by atoms with Crippen LogP contribution in [0.2, 0.25) is 0 Å². The maximum Gasteiger partial charge on any atom is 0.255 e. The molecule has 2 amide bonds. The van der Waals surface area contributed by atoms with Crippen LogP contribution < -0.4 is 4.74 Å². The van der Waals surface area contributed by atoms with Crippen LogP contribution in [0.25, 0.3) is 0 Å². The van der Waals surface area contributed by atoms with Crippen molar-refractivity contribution in [3.63, 3.8) is 0 Å². The normalized spacial score (nSPS) is 17.7. The maximum absolute atomic E-state index is 12.7. The number of amides is 2. The van der Waals surface area contributed by atoms with Crippen LogP contribution >= 0.6 is 11.8 Å². The third-order valence-electron chi connectivity index (χ3n) is 3.87. The molecule has 1 aromatic rings. The van der Waals surface area contributed by atoms with Gasteiger partial charge in [-0.05, 0) is 32.0 Å². The van der Waals surface area contributed by atoms with Crippen LogP contribution in [0.3, 0.4) is 0 Å². The van der Waals surface area contributed by atoms with Crippen molar-refractivity contribution in [1.29, 1.82) is 0 Å². The van der Waals surface area contributed by atoms with Gasteiger partial charge in [0.1, 0.15) is 11.8 Å². The Balaban J connectivity index is 2.19. The molecule has 5 nitrogen and oxygen atoms in total. The summed E-state index contributed by atoms with van der Waals surface area (Å²) in [4.78, 5) is 28.6. The van der Waals surface area contributed by atoms with Crippen molar-refractivity contribution in [3.05, 3.63) is 29.8 Å². The SMILES string of the molecule is COc1cccc(C(=O)N2CSC[C@@H]2C(=O)N(C)C(C)C)c1. The molecule has 1 fully saturated rings. The first-order chi connectivity index (χ1) is 10.5. The molecule has 0 unspecified atom stereocenters. The smallest absolute Gasteiger partial charge is 0.255 e. The first-order valence-corrected chi connectivity index (χ1v) is 8.40. The van der Waals surface area contributed by atoms with E-state index in [2.05, 4.69) is 0 Å². The van der Waals surface area contributed by atoms with Gasteiger partial charge in [-0.2, -0.15) is 0 Å². The lowest BCUT2D eigenvalue weighted by Gasteiger charge is -2.29. The Morgan fingerprint density at radius 3 is 2.77 bits per heavy atom. The number of rotatable bonds is 4. The number of hydrogen-bond acceptors (Lipinski definition) is 4. The summed E-state index contributed by atoms with van der Waals surface area (Å²) in [6, 6.07) is 6.76. The number of thioether (sulfide) groups is 1. The number of carbonyl (C=O) groups excluding carboxylic acids is 2. The van der Waals surface area contributed by atoms with Crippen LogP contribution in [0.4, 0.5) is 0 Å². The van der Waals surface area contributed by atoms with Gasteiger partial charge in [-0.15, -0.1) is 11.8 Å². The standard InChI is InChI=1S/C16H22N2O3S/c1-11(2)17(3)16(20)14-9-22-10-18(14)15(19)12-6-5-7-13(8-12)21-4/h5-8,11,14H,9-10H2,1-4H3/t14-/m1/s1. The number of hydrogen-bond donors (Lipinski definition) is 0. The van der Waals surface area contributed by atoms with E-state index < -0.39 is 6.04 Å². The molecule has 1 aliphatic rings. The second-order valence-electron chi connectivity index (χ2n) is 5.57. The second-order valence-corrected chi connectivity index (χ2v) is 6.57. The summed E-state index contributed by atoms with van der Waals surface area (Å²) >= 11 is 1.61. The van der Waals surface area contributed by atoms with Crippen LogP contribution in [-0.4, -0.2) is 59.5 Å². The molecule has 0 radical (unpaired) electrons. The number of methoxy groups -OCH3 is 1. The van der Waals surface area contributed by atoms with E-state index in [9.17, 15) is 9.59 Å². The molecule has 1 aliphatic heterocycles. The molecule has 1 heterocycles. The third kappa shape index (κ3) is 3.38. The van der Waals surface area contributed by atoms with Crippen molar-refractivity contribution in [2.45, 2.75) is 25.9 Å². The predicted molar refractivity (Wildman–Crippen MR) is 88.2 cm³/mol. The van der Waals surface area contributed by atoms with Gasteiger partial charge in [-0.25, -0.2) is 0 Å². The highest BCUT2D eigenvalue weighted by atomic mass is 32.2. The third-order valence-corrected chi connectivity index (χ3v) is 4.88. The van der Waals surface area contributed by atoms with E-state index in [1.165, 1.54) is 0 Å². The molecule has 0 bridgehead atoms. The van der Waals surface area contributed by atoms with Crippen molar-refractivity contribution in [2.24, 2.45) is 0 Å².